The number of carbonyl (C=O) groups excluding carboxylic acids is 1. The molecule has 0 heterocycles. The van der Waals surface area contributed by atoms with E-state index in [1.165, 1.54) is 0 Å². The van der Waals surface area contributed by atoms with E-state index in [0.717, 1.165) is 12.8 Å². The number of aliphatic carboxylic acids is 1. The molecule has 0 spiro atoms. The maximum absolute atomic E-state index is 11.2. The van der Waals surface area contributed by atoms with Gasteiger partial charge in [0.1, 0.15) is 6.04 Å². The van der Waals surface area contributed by atoms with E-state index in [1.54, 1.807) is 0 Å². The first-order valence-corrected chi connectivity index (χ1v) is 5.39. The van der Waals surface area contributed by atoms with E-state index >= 15 is 0 Å². The Balaban J connectivity index is 2.04. The van der Waals surface area contributed by atoms with Crippen LogP contribution in [0, 0.1) is 5.92 Å². The summed E-state index contributed by atoms with van der Waals surface area (Å²) in [7, 11) is 0. The molecule has 5 nitrogen and oxygen atoms in total. The summed E-state index contributed by atoms with van der Waals surface area (Å²) in [6, 6.07) is -0.511. The summed E-state index contributed by atoms with van der Waals surface area (Å²) in [6.07, 6.45) is 2.53. The quantitative estimate of drug-likeness (QED) is 0.520. The van der Waals surface area contributed by atoms with Crippen LogP contribution in [-0.2, 0) is 9.59 Å². The van der Waals surface area contributed by atoms with Crippen molar-refractivity contribution < 1.29 is 14.7 Å². The molecule has 0 aromatic heterocycles. The van der Waals surface area contributed by atoms with Gasteiger partial charge in [-0.2, -0.15) is 0 Å². The van der Waals surface area contributed by atoms with Crippen molar-refractivity contribution in [1.29, 1.82) is 0 Å². The van der Waals surface area contributed by atoms with Crippen molar-refractivity contribution in [2.24, 2.45) is 5.92 Å². The van der Waals surface area contributed by atoms with Crippen LogP contribution < -0.4 is 10.6 Å². The Morgan fingerprint density at radius 3 is 2.53 bits per heavy atom. The van der Waals surface area contributed by atoms with Gasteiger partial charge in [-0.05, 0) is 19.3 Å². The summed E-state index contributed by atoms with van der Waals surface area (Å²) in [5.41, 5.74) is 0. The molecule has 15 heavy (non-hydrogen) atoms. The molecule has 1 amide bonds. The standard InChI is InChI=1S/C10H18N2O3/c1-2-8(10(14)15)11-5-6-12-9(13)7-3-4-7/h7-8,11H,2-6H2,1H3,(H,12,13)(H,14,15). The Morgan fingerprint density at radius 2 is 2.07 bits per heavy atom. The number of hydrogen-bond donors (Lipinski definition) is 3. The topological polar surface area (TPSA) is 78.4 Å². The average molecular weight is 214 g/mol. The van der Waals surface area contributed by atoms with Crippen molar-refractivity contribution in [1.82, 2.24) is 10.6 Å². The number of amides is 1. The van der Waals surface area contributed by atoms with Crippen molar-refractivity contribution in [2.75, 3.05) is 13.1 Å². The van der Waals surface area contributed by atoms with Gasteiger partial charge in [0.25, 0.3) is 0 Å². The second kappa shape index (κ2) is 5.70. The summed E-state index contributed by atoms with van der Waals surface area (Å²) in [4.78, 5) is 21.8. The highest BCUT2D eigenvalue weighted by Crippen LogP contribution is 2.28. The van der Waals surface area contributed by atoms with Crippen LogP contribution in [0.1, 0.15) is 26.2 Å². The third-order valence-electron chi connectivity index (χ3n) is 2.47. The first-order chi connectivity index (χ1) is 7.15. The summed E-state index contributed by atoms with van der Waals surface area (Å²) in [5.74, 6) is -0.530. The van der Waals surface area contributed by atoms with Crippen molar-refractivity contribution >= 4 is 11.9 Å². The smallest absolute Gasteiger partial charge is 0.320 e. The number of hydrogen-bond acceptors (Lipinski definition) is 3. The molecule has 0 aromatic rings. The molecule has 3 N–H and O–H groups in total. The molecule has 1 atom stereocenters. The highest BCUT2D eigenvalue weighted by atomic mass is 16.4. The predicted octanol–water partition coefficient (Wildman–Crippen LogP) is -0.0346. The van der Waals surface area contributed by atoms with Crippen LogP contribution in [0.4, 0.5) is 0 Å². The normalized spacial score (nSPS) is 17.1. The van der Waals surface area contributed by atoms with Crippen LogP contribution in [0.15, 0.2) is 0 Å². The third-order valence-corrected chi connectivity index (χ3v) is 2.47. The number of carboxylic acid groups (broad SMARTS) is 1. The molecule has 86 valence electrons. The van der Waals surface area contributed by atoms with Crippen LogP contribution >= 0.6 is 0 Å². The zero-order valence-electron chi connectivity index (χ0n) is 8.95. The Labute approximate surface area is 89.2 Å². The Hall–Kier alpha value is -1.10. The predicted molar refractivity (Wildman–Crippen MR) is 55.5 cm³/mol. The van der Waals surface area contributed by atoms with E-state index in [-0.39, 0.29) is 11.8 Å². The van der Waals surface area contributed by atoms with Crippen LogP contribution in [0.5, 0.6) is 0 Å². The molecule has 1 aliphatic carbocycles. The van der Waals surface area contributed by atoms with Gasteiger partial charge in [0.2, 0.25) is 5.91 Å². The zero-order valence-corrected chi connectivity index (χ0v) is 8.95. The van der Waals surface area contributed by atoms with Gasteiger partial charge >= 0.3 is 5.97 Å². The summed E-state index contributed by atoms with van der Waals surface area (Å²) < 4.78 is 0. The molecule has 0 aromatic carbocycles. The van der Waals surface area contributed by atoms with Crippen LogP contribution in [0.3, 0.4) is 0 Å². The minimum atomic E-state index is -0.842. The minimum absolute atomic E-state index is 0.0974. The van der Waals surface area contributed by atoms with Crippen LogP contribution in [-0.4, -0.2) is 36.1 Å². The molecule has 1 rings (SSSR count). The Morgan fingerprint density at radius 1 is 1.40 bits per heavy atom. The maximum atomic E-state index is 11.2. The molecule has 0 bridgehead atoms. The second-order valence-corrected chi connectivity index (χ2v) is 3.82. The summed E-state index contributed by atoms with van der Waals surface area (Å²) in [6.45, 7) is 2.82. The monoisotopic (exact) mass is 214 g/mol. The average Bonchev–Trinajstić information content (AvgIpc) is 3.00. The van der Waals surface area contributed by atoms with Gasteiger partial charge in [-0.1, -0.05) is 6.92 Å². The van der Waals surface area contributed by atoms with Crippen molar-refractivity contribution in [2.45, 2.75) is 32.2 Å². The highest BCUT2D eigenvalue weighted by molar-refractivity contribution is 5.80. The van der Waals surface area contributed by atoms with Crippen molar-refractivity contribution in [3.63, 3.8) is 0 Å². The third kappa shape index (κ3) is 4.29. The van der Waals surface area contributed by atoms with E-state index in [1.807, 2.05) is 6.92 Å². The fourth-order valence-corrected chi connectivity index (χ4v) is 1.33. The van der Waals surface area contributed by atoms with E-state index in [9.17, 15) is 9.59 Å². The number of nitrogens with one attached hydrogen (secondary N) is 2. The van der Waals surface area contributed by atoms with E-state index < -0.39 is 12.0 Å². The lowest BCUT2D eigenvalue weighted by molar-refractivity contribution is -0.139. The number of carbonyl (C=O) groups is 2. The zero-order chi connectivity index (χ0) is 11.3. The van der Waals surface area contributed by atoms with Gasteiger partial charge in [0.15, 0.2) is 0 Å². The fourth-order valence-electron chi connectivity index (χ4n) is 1.33. The SMILES string of the molecule is CCC(NCCNC(=O)C1CC1)C(=O)O. The molecule has 5 heteroatoms. The fraction of sp³-hybridized carbons (Fsp3) is 0.800. The first kappa shape index (κ1) is 12.0. The molecule has 1 aliphatic rings. The molecular formula is C10H18N2O3. The molecular weight excluding hydrogens is 196 g/mol. The van der Waals surface area contributed by atoms with Crippen LogP contribution in [0.25, 0.3) is 0 Å². The molecule has 1 unspecified atom stereocenters. The lowest BCUT2D eigenvalue weighted by Crippen LogP contribution is -2.41. The Bertz CT molecular complexity index is 239. The molecule has 1 fully saturated rings. The number of rotatable bonds is 7. The van der Waals surface area contributed by atoms with Gasteiger partial charge in [-0.3, -0.25) is 9.59 Å². The van der Waals surface area contributed by atoms with Gasteiger partial charge in [-0.15, -0.1) is 0 Å². The van der Waals surface area contributed by atoms with Crippen molar-refractivity contribution in [3.8, 4) is 0 Å². The molecule has 1 saturated carbocycles. The maximum Gasteiger partial charge on any atom is 0.320 e. The Kier molecular flexibility index (Phi) is 4.55. The second-order valence-electron chi connectivity index (χ2n) is 3.82. The number of carboxylic acids is 1. The lowest BCUT2D eigenvalue weighted by Gasteiger charge is -2.12. The molecule has 0 saturated heterocycles. The lowest BCUT2D eigenvalue weighted by atomic mass is 10.2. The summed E-state index contributed by atoms with van der Waals surface area (Å²) >= 11 is 0. The van der Waals surface area contributed by atoms with Gasteiger partial charge in [0, 0.05) is 19.0 Å². The van der Waals surface area contributed by atoms with Gasteiger partial charge < -0.3 is 15.7 Å². The van der Waals surface area contributed by atoms with E-state index in [4.69, 9.17) is 5.11 Å². The summed E-state index contributed by atoms with van der Waals surface area (Å²) in [5, 5.41) is 14.4. The van der Waals surface area contributed by atoms with Gasteiger partial charge in [0.05, 0.1) is 0 Å². The molecule has 0 aliphatic heterocycles. The minimum Gasteiger partial charge on any atom is -0.480 e. The van der Waals surface area contributed by atoms with Crippen LogP contribution in [0.2, 0.25) is 0 Å². The first-order valence-electron chi connectivity index (χ1n) is 5.39. The highest BCUT2D eigenvalue weighted by Gasteiger charge is 2.29. The van der Waals surface area contributed by atoms with E-state index in [2.05, 4.69) is 10.6 Å². The van der Waals surface area contributed by atoms with Crippen molar-refractivity contribution in [3.05, 3.63) is 0 Å². The largest absolute Gasteiger partial charge is 0.480 e. The molecule has 0 radical (unpaired) electrons. The van der Waals surface area contributed by atoms with E-state index in [0.29, 0.717) is 19.5 Å². The van der Waals surface area contributed by atoms with Gasteiger partial charge in [-0.25, -0.2) is 0 Å².